The van der Waals surface area contributed by atoms with E-state index >= 15 is 0 Å². The lowest BCUT2D eigenvalue weighted by molar-refractivity contribution is -0.133. The van der Waals surface area contributed by atoms with E-state index in [1.807, 2.05) is 49.4 Å². The van der Waals surface area contributed by atoms with Gasteiger partial charge in [-0.15, -0.1) is 0 Å². The van der Waals surface area contributed by atoms with E-state index in [4.69, 9.17) is 5.11 Å². The van der Waals surface area contributed by atoms with Crippen molar-refractivity contribution in [3.63, 3.8) is 0 Å². The van der Waals surface area contributed by atoms with E-state index in [-0.39, 0.29) is 11.6 Å². The highest BCUT2D eigenvalue weighted by Crippen LogP contribution is 2.27. The first-order valence-electron chi connectivity index (χ1n) is 9.30. The molecule has 0 fully saturated rings. The van der Waals surface area contributed by atoms with Crippen molar-refractivity contribution in [2.45, 2.75) is 11.9 Å². The van der Waals surface area contributed by atoms with E-state index in [9.17, 15) is 9.59 Å². The van der Waals surface area contributed by atoms with Crippen molar-refractivity contribution < 1.29 is 9.90 Å². The number of nitrogens with zero attached hydrogens (tertiary/aromatic N) is 4. The number of carboxylic acid groups (broad SMARTS) is 1. The van der Waals surface area contributed by atoms with Crippen molar-refractivity contribution in [2.75, 3.05) is 11.2 Å². The highest BCUT2D eigenvalue weighted by molar-refractivity contribution is 8.00. The number of para-hydroxylation sites is 3. The van der Waals surface area contributed by atoms with Gasteiger partial charge in [-0.25, -0.2) is 9.67 Å². The molecule has 0 spiro atoms. The molecule has 9 nitrogen and oxygen atoms in total. The van der Waals surface area contributed by atoms with Crippen LogP contribution in [-0.2, 0) is 4.79 Å². The Morgan fingerprint density at radius 1 is 1.23 bits per heavy atom. The van der Waals surface area contributed by atoms with Crippen molar-refractivity contribution in [1.29, 1.82) is 0 Å². The minimum atomic E-state index is -0.934. The summed E-state index contributed by atoms with van der Waals surface area (Å²) in [6.07, 6.45) is 1.52. The van der Waals surface area contributed by atoms with Crippen LogP contribution in [0.25, 0.3) is 16.7 Å². The molecular formula is C21H18N6O3S. The Morgan fingerprint density at radius 3 is 2.74 bits per heavy atom. The SMILES string of the molecule is Cc1nn(-c2ccccc2)c(SCC(=O)O)c1/C=N/Nc1nc2ccccc2[nH]c1=O. The summed E-state index contributed by atoms with van der Waals surface area (Å²) >= 11 is 1.15. The van der Waals surface area contributed by atoms with Gasteiger partial charge in [-0.2, -0.15) is 10.2 Å². The van der Waals surface area contributed by atoms with E-state index < -0.39 is 11.5 Å². The van der Waals surface area contributed by atoms with Crippen molar-refractivity contribution in [1.82, 2.24) is 19.7 Å². The Balaban J connectivity index is 1.66. The predicted molar refractivity (Wildman–Crippen MR) is 120 cm³/mol. The smallest absolute Gasteiger partial charge is 0.313 e. The second kappa shape index (κ2) is 8.84. The Hall–Kier alpha value is -3.92. The maximum absolute atomic E-state index is 12.2. The van der Waals surface area contributed by atoms with E-state index in [1.54, 1.807) is 16.8 Å². The van der Waals surface area contributed by atoms with Gasteiger partial charge in [-0.3, -0.25) is 15.0 Å². The first-order chi connectivity index (χ1) is 15.0. The zero-order chi connectivity index (χ0) is 21.8. The molecule has 0 saturated carbocycles. The highest BCUT2D eigenvalue weighted by Gasteiger charge is 2.17. The Labute approximate surface area is 180 Å². The number of aliphatic carboxylic acids is 1. The zero-order valence-electron chi connectivity index (χ0n) is 16.4. The summed E-state index contributed by atoms with van der Waals surface area (Å²) in [4.78, 5) is 30.4. The van der Waals surface area contributed by atoms with Gasteiger partial charge < -0.3 is 10.1 Å². The van der Waals surface area contributed by atoms with Crippen LogP contribution in [-0.4, -0.2) is 42.8 Å². The highest BCUT2D eigenvalue weighted by atomic mass is 32.2. The molecule has 2 aromatic heterocycles. The molecule has 0 aliphatic rings. The number of hydrogen-bond donors (Lipinski definition) is 3. The molecule has 0 saturated heterocycles. The Morgan fingerprint density at radius 2 is 1.97 bits per heavy atom. The molecule has 0 aliphatic carbocycles. The van der Waals surface area contributed by atoms with Gasteiger partial charge in [0.25, 0.3) is 5.56 Å². The number of aromatic amines is 1. The lowest BCUT2D eigenvalue weighted by Crippen LogP contribution is -2.13. The lowest BCUT2D eigenvalue weighted by Gasteiger charge is -2.07. The maximum atomic E-state index is 12.2. The number of nitrogens with one attached hydrogen (secondary N) is 2. The van der Waals surface area contributed by atoms with Gasteiger partial charge in [0.05, 0.1) is 34.4 Å². The number of H-pyrrole nitrogens is 1. The number of carbonyl (C=O) groups is 1. The predicted octanol–water partition coefficient (Wildman–Crippen LogP) is 3.04. The summed E-state index contributed by atoms with van der Waals surface area (Å²) in [6, 6.07) is 16.6. The van der Waals surface area contributed by atoms with Crippen LogP contribution in [0.2, 0.25) is 0 Å². The number of fused-ring (bicyclic) bond motifs is 1. The van der Waals surface area contributed by atoms with Crippen LogP contribution in [0, 0.1) is 6.92 Å². The number of hydrazone groups is 1. The molecular weight excluding hydrogens is 416 g/mol. The molecule has 0 amide bonds. The fourth-order valence-corrected chi connectivity index (χ4v) is 3.83. The largest absolute Gasteiger partial charge is 0.481 e. The number of carboxylic acids is 1. The zero-order valence-corrected chi connectivity index (χ0v) is 17.3. The summed E-state index contributed by atoms with van der Waals surface area (Å²) in [7, 11) is 0. The standard InChI is InChI=1S/C21H18N6O3S/c1-13-15(11-22-25-19-20(30)24-17-10-6-5-9-16(17)23-19)21(31-12-18(28)29)27(26-13)14-7-3-2-4-8-14/h2-11H,12H2,1H3,(H,23,25)(H,24,30)(H,28,29)/b22-11+. The van der Waals surface area contributed by atoms with Gasteiger partial charge >= 0.3 is 5.97 Å². The van der Waals surface area contributed by atoms with Crippen LogP contribution in [0.15, 0.2) is 69.5 Å². The summed E-state index contributed by atoms with van der Waals surface area (Å²) in [5.41, 5.74) is 5.67. The van der Waals surface area contributed by atoms with E-state index in [0.29, 0.717) is 27.3 Å². The van der Waals surface area contributed by atoms with Gasteiger partial charge in [0.2, 0.25) is 5.82 Å². The summed E-state index contributed by atoms with van der Waals surface area (Å²) in [5.74, 6) is -1.00. The molecule has 0 unspecified atom stereocenters. The van der Waals surface area contributed by atoms with Gasteiger partial charge in [0, 0.05) is 5.56 Å². The molecule has 10 heteroatoms. The molecule has 3 N–H and O–H groups in total. The van der Waals surface area contributed by atoms with Crippen LogP contribution in [0.3, 0.4) is 0 Å². The number of rotatable bonds is 7. The number of thioether (sulfide) groups is 1. The van der Waals surface area contributed by atoms with E-state index in [1.165, 1.54) is 6.21 Å². The number of benzene rings is 2. The van der Waals surface area contributed by atoms with Gasteiger partial charge in [0.1, 0.15) is 5.03 Å². The molecule has 4 aromatic rings. The monoisotopic (exact) mass is 434 g/mol. The third-order valence-corrected chi connectivity index (χ3v) is 5.42. The summed E-state index contributed by atoms with van der Waals surface area (Å²) in [5, 5.41) is 18.5. The number of anilines is 1. The number of aryl methyl sites for hydroxylation is 1. The van der Waals surface area contributed by atoms with E-state index in [2.05, 4.69) is 25.6 Å². The number of aromatic nitrogens is 4. The molecule has 2 heterocycles. The number of hydrogen-bond acceptors (Lipinski definition) is 7. The second-order valence-corrected chi connectivity index (χ2v) is 7.50. The van der Waals surface area contributed by atoms with Crippen LogP contribution >= 0.6 is 11.8 Å². The third kappa shape index (κ3) is 4.48. The van der Waals surface area contributed by atoms with Gasteiger partial charge in [0.15, 0.2) is 0 Å². The second-order valence-electron chi connectivity index (χ2n) is 6.54. The van der Waals surface area contributed by atoms with E-state index in [0.717, 1.165) is 17.4 Å². The van der Waals surface area contributed by atoms with Crippen LogP contribution < -0.4 is 11.0 Å². The van der Waals surface area contributed by atoms with Crippen LogP contribution in [0.5, 0.6) is 0 Å². The van der Waals surface area contributed by atoms with Crippen LogP contribution in [0.4, 0.5) is 5.82 Å². The average molecular weight is 434 g/mol. The minimum Gasteiger partial charge on any atom is -0.481 e. The van der Waals surface area contributed by atoms with Gasteiger partial charge in [-0.05, 0) is 31.2 Å². The Bertz CT molecular complexity index is 1330. The summed E-state index contributed by atoms with van der Waals surface area (Å²) < 4.78 is 1.69. The maximum Gasteiger partial charge on any atom is 0.313 e. The Kier molecular flexibility index (Phi) is 5.80. The van der Waals surface area contributed by atoms with Gasteiger partial charge in [-0.1, -0.05) is 42.1 Å². The van der Waals surface area contributed by atoms with Crippen LogP contribution in [0.1, 0.15) is 11.3 Å². The first kappa shape index (κ1) is 20.4. The molecule has 2 aromatic carbocycles. The van der Waals surface area contributed by atoms with Crippen molar-refractivity contribution in [3.8, 4) is 5.69 Å². The molecule has 0 atom stereocenters. The lowest BCUT2D eigenvalue weighted by atomic mass is 10.3. The molecule has 156 valence electrons. The topological polar surface area (TPSA) is 125 Å². The fraction of sp³-hybridized carbons (Fsp3) is 0.0952. The summed E-state index contributed by atoms with van der Waals surface area (Å²) in [6.45, 7) is 1.81. The van der Waals surface area contributed by atoms with Crippen molar-refractivity contribution >= 4 is 40.8 Å². The third-order valence-electron chi connectivity index (χ3n) is 4.36. The molecule has 31 heavy (non-hydrogen) atoms. The fourth-order valence-electron chi connectivity index (χ4n) is 2.94. The van der Waals surface area contributed by atoms with Crippen molar-refractivity contribution in [3.05, 3.63) is 76.2 Å². The molecule has 0 bridgehead atoms. The van der Waals surface area contributed by atoms with Crippen molar-refractivity contribution in [2.24, 2.45) is 5.10 Å². The normalized spacial score (nSPS) is 11.3. The molecule has 4 rings (SSSR count). The quantitative estimate of drug-likeness (QED) is 0.232. The molecule has 0 aliphatic heterocycles. The molecule has 0 radical (unpaired) electrons. The average Bonchev–Trinajstić information content (AvgIpc) is 3.08. The minimum absolute atomic E-state index is 0.0581. The first-order valence-corrected chi connectivity index (χ1v) is 10.3.